The number of benzene rings is 1. The van der Waals surface area contributed by atoms with Crippen molar-refractivity contribution in [2.75, 3.05) is 19.6 Å². The van der Waals surface area contributed by atoms with Crippen LogP contribution in [0.5, 0.6) is 0 Å². The van der Waals surface area contributed by atoms with E-state index in [-0.39, 0.29) is 5.41 Å². The average Bonchev–Trinajstić information content (AvgIpc) is 2.33. The van der Waals surface area contributed by atoms with Crippen molar-refractivity contribution in [2.45, 2.75) is 25.2 Å². The Morgan fingerprint density at radius 3 is 2.88 bits per heavy atom. The van der Waals surface area contributed by atoms with Crippen LogP contribution in [0.4, 0.5) is 0 Å². The third-order valence-corrected chi connectivity index (χ3v) is 4.05. The van der Waals surface area contributed by atoms with Gasteiger partial charge < -0.3 is 11.1 Å². The molecule has 0 spiro atoms. The van der Waals surface area contributed by atoms with Gasteiger partial charge in [-0.2, -0.15) is 0 Å². The Bertz CT molecular complexity index is 370. The normalized spacial score (nSPS) is 25.7. The van der Waals surface area contributed by atoms with Gasteiger partial charge in [0.1, 0.15) is 0 Å². The second-order valence-electron chi connectivity index (χ2n) is 4.73. The Balaban J connectivity index is 2.35. The second-order valence-corrected chi connectivity index (χ2v) is 5.14. The Morgan fingerprint density at radius 1 is 1.50 bits per heavy atom. The zero-order chi connectivity index (χ0) is 11.6. The first kappa shape index (κ1) is 11.9. The molecule has 0 saturated carbocycles. The lowest BCUT2D eigenvalue weighted by Crippen LogP contribution is -2.48. The Kier molecular flexibility index (Phi) is 3.53. The van der Waals surface area contributed by atoms with E-state index in [9.17, 15) is 0 Å². The maximum atomic E-state index is 6.19. The molecule has 2 rings (SSSR count). The molecule has 1 aliphatic heterocycles. The van der Waals surface area contributed by atoms with Crippen molar-refractivity contribution in [3.63, 3.8) is 0 Å². The van der Waals surface area contributed by atoms with E-state index in [1.54, 1.807) is 0 Å². The van der Waals surface area contributed by atoms with Crippen LogP contribution in [-0.4, -0.2) is 19.6 Å². The molecule has 1 aliphatic rings. The maximum Gasteiger partial charge on any atom is 0.0438 e. The third kappa shape index (κ3) is 2.10. The standard InChI is InChI=1S/C13H19ClN2/c1-10-3-4-11(7-12(10)14)13(8-15)5-2-6-16-9-13/h3-4,7,16H,2,5-6,8-9,15H2,1H3/t13-/m1/s1. The summed E-state index contributed by atoms with van der Waals surface area (Å²) < 4.78 is 0. The first-order valence-electron chi connectivity index (χ1n) is 5.85. The minimum absolute atomic E-state index is 0.0790. The van der Waals surface area contributed by atoms with E-state index in [1.165, 1.54) is 12.0 Å². The number of hydrogen-bond acceptors (Lipinski definition) is 2. The molecule has 3 heteroatoms. The molecule has 1 aromatic carbocycles. The molecule has 0 aliphatic carbocycles. The Hall–Kier alpha value is -0.570. The largest absolute Gasteiger partial charge is 0.330 e. The first-order chi connectivity index (χ1) is 7.68. The molecule has 16 heavy (non-hydrogen) atoms. The molecule has 0 amide bonds. The van der Waals surface area contributed by atoms with Crippen LogP contribution in [0.2, 0.25) is 5.02 Å². The van der Waals surface area contributed by atoms with Crippen LogP contribution >= 0.6 is 11.6 Å². The van der Waals surface area contributed by atoms with E-state index in [2.05, 4.69) is 23.5 Å². The van der Waals surface area contributed by atoms with Crippen molar-refractivity contribution >= 4 is 11.6 Å². The fourth-order valence-electron chi connectivity index (χ4n) is 2.43. The monoisotopic (exact) mass is 238 g/mol. The van der Waals surface area contributed by atoms with Crippen molar-refractivity contribution in [1.29, 1.82) is 0 Å². The molecule has 0 unspecified atom stereocenters. The van der Waals surface area contributed by atoms with Gasteiger partial charge in [0, 0.05) is 23.5 Å². The number of hydrogen-bond donors (Lipinski definition) is 2. The van der Waals surface area contributed by atoms with Crippen molar-refractivity contribution in [3.05, 3.63) is 34.3 Å². The zero-order valence-electron chi connectivity index (χ0n) is 9.72. The molecule has 2 nitrogen and oxygen atoms in total. The first-order valence-corrected chi connectivity index (χ1v) is 6.23. The van der Waals surface area contributed by atoms with E-state index in [0.717, 1.165) is 30.1 Å². The summed E-state index contributed by atoms with van der Waals surface area (Å²) in [6.45, 7) is 4.77. The molecule has 0 radical (unpaired) electrons. The van der Waals surface area contributed by atoms with Gasteiger partial charge in [0.2, 0.25) is 0 Å². The van der Waals surface area contributed by atoms with E-state index >= 15 is 0 Å². The molecular weight excluding hydrogens is 220 g/mol. The SMILES string of the molecule is Cc1ccc([C@@]2(CN)CCCNC2)cc1Cl. The van der Waals surface area contributed by atoms with Crippen molar-refractivity contribution in [3.8, 4) is 0 Å². The number of rotatable bonds is 2. The van der Waals surface area contributed by atoms with Crippen molar-refractivity contribution < 1.29 is 0 Å². The summed E-state index contributed by atoms with van der Waals surface area (Å²) in [5.74, 6) is 0. The van der Waals surface area contributed by atoms with Crippen LogP contribution in [0.15, 0.2) is 18.2 Å². The molecule has 1 heterocycles. The highest BCUT2D eigenvalue weighted by Crippen LogP contribution is 2.32. The Labute approximate surface area is 102 Å². The van der Waals surface area contributed by atoms with Gasteiger partial charge in [0.05, 0.1) is 0 Å². The quantitative estimate of drug-likeness (QED) is 0.829. The molecule has 3 N–H and O–H groups in total. The lowest BCUT2D eigenvalue weighted by Gasteiger charge is -2.37. The fourth-order valence-corrected chi connectivity index (χ4v) is 2.61. The van der Waals surface area contributed by atoms with Gasteiger partial charge in [-0.1, -0.05) is 23.7 Å². The lowest BCUT2D eigenvalue weighted by molar-refractivity contribution is 0.320. The van der Waals surface area contributed by atoms with Crippen LogP contribution < -0.4 is 11.1 Å². The summed E-state index contributed by atoms with van der Waals surface area (Å²) in [5, 5.41) is 4.28. The van der Waals surface area contributed by atoms with Crippen LogP contribution in [-0.2, 0) is 5.41 Å². The molecule has 0 aromatic heterocycles. The smallest absolute Gasteiger partial charge is 0.0438 e. The van der Waals surface area contributed by atoms with E-state index < -0.39 is 0 Å². The van der Waals surface area contributed by atoms with E-state index in [4.69, 9.17) is 17.3 Å². The molecule has 1 saturated heterocycles. The van der Waals surface area contributed by atoms with Gasteiger partial charge in [-0.3, -0.25) is 0 Å². The molecular formula is C13H19ClN2. The predicted molar refractivity (Wildman–Crippen MR) is 69.0 cm³/mol. The van der Waals surface area contributed by atoms with E-state index in [0.29, 0.717) is 6.54 Å². The lowest BCUT2D eigenvalue weighted by atomic mass is 9.74. The minimum atomic E-state index is 0.0790. The van der Waals surface area contributed by atoms with Gasteiger partial charge >= 0.3 is 0 Å². The van der Waals surface area contributed by atoms with Gasteiger partial charge in [-0.15, -0.1) is 0 Å². The van der Waals surface area contributed by atoms with Gasteiger partial charge in [0.15, 0.2) is 0 Å². The highest BCUT2D eigenvalue weighted by atomic mass is 35.5. The number of nitrogens with one attached hydrogen (secondary N) is 1. The third-order valence-electron chi connectivity index (χ3n) is 3.65. The number of nitrogens with two attached hydrogens (primary N) is 1. The summed E-state index contributed by atoms with van der Waals surface area (Å²) in [5.41, 5.74) is 8.46. The number of aryl methyl sites for hydroxylation is 1. The highest BCUT2D eigenvalue weighted by molar-refractivity contribution is 6.31. The highest BCUT2D eigenvalue weighted by Gasteiger charge is 2.32. The number of halogens is 1. The van der Waals surface area contributed by atoms with Crippen LogP contribution in [0.25, 0.3) is 0 Å². The fraction of sp³-hybridized carbons (Fsp3) is 0.538. The van der Waals surface area contributed by atoms with Gasteiger partial charge in [-0.25, -0.2) is 0 Å². The predicted octanol–water partition coefficient (Wildman–Crippen LogP) is 2.23. The molecule has 1 aromatic rings. The molecule has 1 atom stereocenters. The second kappa shape index (κ2) is 4.74. The maximum absolute atomic E-state index is 6.19. The molecule has 88 valence electrons. The van der Waals surface area contributed by atoms with Crippen molar-refractivity contribution in [2.24, 2.45) is 5.73 Å². The van der Waals surface area contributed by atoms with Crippen molar-refractivity contribution in [1.82, 2.24) is 5.32 Å². The zero-order valence-corrected chi connectivity index (χ0v) is 10.5. The van der Waals surface area contributed by atoms with E-state index in [1.807, 2.05) is 6.92 Å². The topological polar surface area (TPSA) is 38.0 Å². The Morgan fingerprint density at radius 2 is 2.31 bits per heavy atom. The van der Waals surface area contributed by atoms with Crippen LogP contribution in [0.1, 0.15) is 24.0 Å². The average molecular weight is 239 g/mol. The van der Waals surface area contributed by atoms with Crippen LogP contribution in [0.3, 0.4) is 0 Å². The summed E-state index contributed by atoms with van der Waals surface area (Å²) in [6, 6.07) is 6.33. The molecule has 0 bridgehead atoms. The summed E-state index contributed by atoms with van der Waals surface area (Å²) in [4.78, 5) is 0. The van der Waals surface area contributed by atoms with Gasteiger partial charge in [-0.05, 0) is 43.5 Å². The van der Waals surface area contributed by atoms with Gasteiger partial charge in [0.25, 0.3) is 0 Å². The minimum Gasteiger partial charge on any atom is -0.330 e. The summed E-state index contributed by atoms with van der Waals surface area (Å²) >= 11 is 6.19. The summed E-state index contributed by atoms with van der Waals surface area (Å²) in [6.07, 6.45) is 2.33. The van der Waals surface area contributed by atoms with Crippen LogP contribution in [0, 0.1) is 6.92 Å². The molecule has 1 fully saturated rings. The summed E-state index contributed by atoms with van der Waals surface area (Å²) in [7, 11) is 0. The number of piperidine rings is 1.